The largest absolute Gasteiger partial charge is 0.379 e. The Kier molecular flexibility index (Phi) is 5.93. The quantitative estimate of drug-likeness (QED) is 0.726. The number of hydrogen-bond acceptors (Lipinski definition) is 4. The van der Waals surface area contributed by atoms with Crippen molar-refractivity contribution in [2.45, 2.75) is 26.3 Å². The average molecular weight is 243 g/mol. The fourth-order valence-electron chi connectivity index (χ4n) is 1.49. The van der Waals surface area contributed by atoms with Gasteiger partial charge in [-0.1, -0.05) is 6.92 Å². The summed E-state index contributed by atoms with van der Waals surface area (Å²) in [5.74, 6) is -0.271. The first-order valence-electron chi connectivity index (χ1n) is 6.02. The topological polar surface area (TPSA) is 70.7 Å². The van der Waals surface area contributed by atoms with E-state index in [0.717, 1.165) is 19.5 Å². The van der Waals surface area contributed by atoms with Gasteiger partial charge in [0.25, 0.3) is 0 Å². The lowest BCUT2D eigenvalue weighted by atomic mass is 10.3. The summed E-state index contributed by atoms with van der Waals surface area (Å²) in [6.45, 7) is 6.88. The minimum Gasteiger partial charge on any atom is -0.379 e. The molecule has 0 aromatic rings. The number of amides is 3. The third-order valence-electron chi connectivity index (χ3n) is 2.71. The van der Waals surface area contributed by atoms with E-state index in [1.165, 1.54) is 0 Å². The molecule has 6 nitrogen and oxygen atoms in total. The highest BCUT2D eigenvalue weighted by Crippen LogP contribution is 1.95. The van der Waals surface area contributed by atoms with E-state index < -0.39 is 6.03 Å². The molecular formula is C11H21N3O3. The van der Waals surface area contributed by atoms with Crippen molar-refractivity contribution in [3.8, 4) is 0 Å². The minimum atomic E-state index is -0.419. The zero-order chi connectivity index (χ0) is 12.7. The minimum absolute atomic E-state index is 0.0752. The van der Waals surface area contributed by atoms with Crippen LogP contribution in [0.15, 0.2) is 0 Å². The third kappa shape index (κ3) is 5.65. The molecule has 0 spiro atoms. The molecule has 0 aliphatic carbocycles. The zero-order valence-corrected chi connectivity index (χ0v) is 10.5. The van der Waals surface area contributed by atoms with Crippen LogP contribution in [0.1, 0.15) is 20.3 Å². The summed E-state index contributed by atoms with van der Waals surface area (Å²) in [4.78, 5) is 24.9. The molecule has 1 saturated heterocycles. The van der Waals surface area contributed by atoms with E-state index in [1.807, 2.05) is 18.7 Å². The Hall–Kier alpha value is -1.14. The summed E-state index contributed by atoms with van der Waals surface area (Å²) in [5.41, 5.74) is 0. The van der Waals surface area contributed by atoms with Crippen molar-refractivity contribution < 1.29 is 14.3 Å². The lowest BCUT2D eigenvalue weighted by Crippen LogP contribution is -2.48. The second kappa shape index (κ2) is 7.24. The summed E-state index contributed by atoms with van der Waals surface area (Å²) in [7, 11) is 0. The number of morpholine rings is 1. The van der Waals surface area contributed by atoms with E-state index in [2.05, 4.69) is 10.6 Å². The molecule has 0 bridgehead atoms. The van der Waals surface area contributed by atoms with Gasteiger partial charge in [0.2, 0.25) is 5.91 Å². The average Bonchev–Trinajstić information content (AvgIpc) is 2.29. The van der Waals surface area contributed by atoms with Crippen LogP contribution in [0.2, 0.25) is 0 Å². The van der Waals surface area contributed by atoms with Crippen LogP contribution >= 0.6 is 0 Å². The van der Waals surface area contributed by atoms with Crippen molar-refractivity contribution in [3.05, 3.63) is 0 Å². The number of rotatable bonds is 4. The maximum atomic E-state index is 11.5. The van der Waals surface area contributed by atoms with Crippen LogP contribution in [0, 0.1) is 0 Å². The van der Waals surface area contributed by atoms with Crippen LogP contribution < -0.4 is 10.6 Å². The number of hydrogen-bond donors (Lipinski definition) is 2. The number of nitrogens with zero attached hydrogens (tertiary/aromatic N) is 1. The van der Waals surface area contributed by atoms with E-state index in [4.69, 9.17) is 4.74 Å². The Morgan fingerprint density at radius 1 is 1.35 bits per heavy atom. The van der Waals surface area contributed by atoms with Crippen molar-refractivity contribution in [2.75, 3.05) is 32.8 Å². The monoisotopic (exact) mass is 243 g/mol. The third-order valence-corrected chi connectivity index (χ3v) is 2.71. The molecule has 1 atom stereocenters. The van der Waals surface area contributed by atoms with E-state index in [-0.39, 0.29) is 18.5 Å². The maximum absolute atomic E-state index is 11.5. The Morgan fingerprint density at radius 3 is 2.59 bits per heavy atom. The number of urea groups is 1. The number of carbonyl (C=O) groups excluding carboxylic acids is 2. The summed E-state index contributed by atoms with van der Waals surface area (Å²) in [5, 5.41) is 5.00. The number of carbonyl (C=O) groups is 2. The smallest absolute Gasteiger partial charge is 0.321 e. The SMILES string of the molecule is CC[C@@H](C)NC(=O)NC(=O)CN1CCOCC1. The molecule has 6 heteroatoms. The summed E-state index contributed by atoms with van der Waals surface area (Å²) in [6, 6.07) is -0.344. The molecule has 1 aliphatic rings. The first kappa shape index (κ1) is 13.9. The number of nitrogens with one attached hydrogen (secondary N) is 2. The molecule has 2 N–H and O–H groups in total. The lowest BCUT2D eigenvalue weighted by Gasteiger charge is -2.25. The molecule has 0 unspecified atom stereocenters. The Morgan fingerprint density at radius 2 is 2.00 bits per heavy atom. The predicted octanol–water partition coefficient (Wildman–Crippen LogP) is -0.0571. The highest BCUT2D eigenvalue weighted by Gasteiger charge is 2.16. The molecule has 98 valence electrons. The van der Waals surface area contributed by atoms with Gasteiger partial charge in [0, 0.05) is 19.1 Å². The molecule has 1 heterocycles. The molecule has 1 fully saturated rings. The van der Waals surface area contributed by atoms with E-state index in [9.17, 15) is 9.59 Å². The Balaban J connectivity index is 2.21. The van der Waals surface area contributed by atoms with Gasteiger partial charge in [-0.05, 0) is 13.3 Å². The summed E-state index contributed by atoms with van der Waals surface area (Å²) in [6.07, 6.45) is 0.838. The van der Waals surface area contributed by atoms with Gasteiger partial charge in [0.15, 0.2) is 0 Å². The van der Waals surface area contributed by atoms with Crippen molar-refractivity contribution in [3.63, 3.8) is 0 Å². The van der Waals surface area contributed by atoms with Crippen LogP contribution in [0.5, 0.6) is 0 Å². The van der Waals surface area contributed by atoms with Gasteiger partial charge in [-0.3, -0.25) is 15.0 Å². The van der Waals surface area contributed by atoms with E-state index in [1.54, 1.807) is 0 Å². The number of imide groups is 1. The molecule has 0 aromatic heterocycles. The van der Waals surface area contributed by atoms with Gasteiger partial charge in [-0.2, -0.15) is 0 Å². The van der Waals surface area contributed by atoms with Crippen LogP contribution in [-0.2, 0) is 9.53 Å². The first-order chi connectivity index (χ1) is 8.11. The standard InChI is InChI=1S/C11H21N3O3/c1-3-9(2)12-11(16)13-10(15)8-14-4-6-17-7-5-14/h9H,3-8H2,1-2H3,(H2,12,13,15,16)/t9-/m1/s1. The van der Waals surface area contributed by atoms with Crippen molar-refractivity contribution in [1.29, 1.82) is 0 Å². The van der Waals surface area contributed by atoms with Crippen LogP contribution in [-0.4, -0.2) is 55.7 Å². The normalized spacial score (nSPS) is 18.5. The van der Waals surface area contributed by atoms with Crippen LogP contribution in [0.4, 0.5) is 4.79 Å². The number of ether oxygens (including phenoxy) is 1. The Labute approximate surface area is 102 Å². The van der Waals surface area contributed by atoms with Crippen molar-refractivity contribution in [1.82, 2.24) is 15.5 Å². The Bertz CT molecular complexity index is 265. The van der Waals surface area contributed by atoms with Crippen molar-refractivity contribution in [2.24, 2.45) is 0 Å². The summed E-state index contributed by atoms with van der Waals surface area (Å²) >= 11 is 0. The highest BCUT2D eigenvalue weighted by atomic mass is 16.5. The van der Waals surface area contributed by atoms with Crippen molar-refractivity contribution >= 4 is 11.9 Å². The van der Waals surface area contributed by atoms with Gasteiger partial charge in [-0.15, -0.1) is 0 Å². The fraction of sp³-hybridized carbons (Fsp3) is 0.818. The van der Waals surface area contributed by atoms with Gasteiger partial charge in [0.1, 0.15) is 0 Å². The molecule has 3 amide bonds. The first-order valence-corrected chi connectivity index (χ1v) is 6.02. The van der Waals surface area contributed by atoms with Gasteiger partial charge < -0.3 is 10.1 Å². The maximum Gasteiger partial charge on any atom is 0.321 e. The molecule has 0 radical (unpaired) electrons. The molecule has 0 aromatic carbocycles. The predicted molar refractivity (Wildman–Crippen MR) is 63.7 cm³/mol. The second-order valence-corrected chi connectivity index (χ2v) is 4.22. The van der Waals surface area contributed by atoms with Gasteiger partial charge >= 0.3 is 6.03 Å². The fourth-order valence-corrected chi connectivity index (χ4v) is 1.49. The van der Waals surface area contributed by atoms with Gasteiger partial charge in [0.05, 0.1) is 19.8 Å². The highest BCUT2D eigenvalue weighted by molar-refractivity contribution is 5.95. The van der Waals surface area contributed by atoms with E-state index >= 15 is 0 Å². The lowest BCUT2D eigenvalue weighted by molar-refractivity contribution is -0.122. The van der Waals surface area contributed by atoms with Crippen LogP contribution in [0.3, 0.4) is 0 Å². The molecule has 17 heavy (non-hydrogen) atoms. The summed E-state index contributed by atoms with van der Waals surface area (Å²) < 4.78 is 5.18. The molecule has 0 saturated carbocycles. The van der Waals surface area contributed by atoms with Crippen LogP contribution in [0.25, 0.3) is 0 Å². The zero-order valence-electron chi connectivity index (χ0n) is 10.5. The molecular weight excluding hydrogens is 222 g/mol. The molecule has 1 aliphatic heterocycles. The molecule has 1 rings (SSSR count). The van der Waals surface area contributed by atoms with E-state index in [0.29, 0.717) is 13.2 Å². The second-order valence-electron chi connectivity index (χ2n) is 4.22. The van der Waals surface area contributed by atoms with Gasteiger partial charge in [-0.25, -0.2) is 4.79 Å².